The van der Waals surface area contributed by atoms with Crippen LogP contribution in [0, 0.1) is 5.92 Å². The van der Waals surface area contributed by atoms with Crippen molar-refractivity contribution in [2.45, 2.75) is 31.8 Å². The highest BCUT2D eigenvalue weighted by molar-refractivity contribution is 5.82. The summed E-state index contributed by atoms with van der Waals surface area (Å²) in [6.45, 7) is 0. The number of hydrogen-bond acceptors (Lipinski definition) is 3. The van der Waals surface area contributed by atoms with Crippen molar-refractivity contribution in [3.8, 4) is 5.75 Å². The minimum absolute atomic E-state index is 0.125. The highest BCUT2D eigenvalue weighted by Gasteiger charge is 2.29. The second-order valence-electron chi connectivity index (χ2n) is 4.36. The Morgan fingerprint density at radius 1 is 1.31 bits per heavy atom. The SMILES string of the molecule is O=C1CCCC[C@H]1[C@@H](O)c1cccc(O)c1. The van der Waals surface area contributed by atoms with Gasteiger partial charge in [0.05, 0.1) is 6.10 Å². The summed E-state index contributed by atoms with van der Waals surface area (Å²) in [4.78, 5) is 11.7. The maximum Gasteiger partial charge on any atom is 0.138 e. The van der Waals surface area contributed by atoms with Crippen LogP contribution in [0.1, 0.15) is 37.4 Å². The third-order valence-electron chi connectivity index (χ3n) is 3.19. The first kappa shape index (κ1) is 11.1. The minimum Gasteiger partial charge on any atom is -0.508 e. The van der Waals surface area contributed by atoms with E-state index < -0.39 is 6.10 Å². The summed E-state index contributed by atoms with van der Waals surface area (Å²) in [5.41, 5.74) is 0.625. The molecule has 1 saturated carbocycles. The highest BCUT2D eigenvalue weighted by atomic mass is 16.3. The molecule has 0 amide bonds. The summed E-state index contributed by atoms with van der Waals surface area (Å²) >= 11 is 0. The van der Waals surface area contributed by atoms with Gasteiger partial charge >= 0.3 is 0 Å². The van der Waals surface area contributed by atoms with Gasteiger partial charge in [0.1, 0.15) is 11.5 Å². The van der Waals surface area contributed by atoms with Crippen LogP contribution in [-0.4, -0.2) is 16.0 Å². The van der Waals surface area contributed by atoms with E-state index in [0.29, 0.717) is 12.0 Å². The van der Waals surface area contributed by atoms with Crippen LogP contribution in [-0.2, 0) is 4.79 Å². The van der Waals surface area contributed by atoms with E-state index in [4.69, 9.17) is 0 Å². The molecular formula is C13H16O3. The highest BCUT2D eigenvalue weighted by Crippen LogP contribution is 2.32. The third-order valence-corrected chi connectivity index (χ3v) is 3.19. The van der Waals surface area contributed by atoms with Gasteiger partial charge in [-0.05, 0) is 30.5 Å². The Hall–Kier alpha value is -1.35. The van der Waals surface area contributed by atoms with E-state index in [1.807, 2.05) is 0 Å². The van der Waals surface area contributed by atoms with Gasteiger partial charge < -0.3 is 10.2 Å². The lowest BCUT2D eigenvalue weighted by atomic mass is 9.82. The van der Waals surface area contributed by atoms with Crippen LogP contribution in [0.2, 0.25) is 0 Å². The van der Waals surface area contributed by atoms with Crippen molar-refractivity contribution < 1.29 is 15.0 Å². The second kappa shape index (κ2) is 4.66. The summed E-state index contributed by atoms with van der Waals surface area (Å²) in [5.74, 6) is -0.0301. The fourth-order valence-electron chi connectivity index (χ4n) is 2.28. The summed E-state index contributed by atoms with van der Waals surface area (Å²) < 4.78 is 0. The molecule has 0 aliphatic heterocycles. The maximum atomic E-state index is 11.7. The number of ketones is 1. The predicted molar refractivity (Wildman–Crippen MR) is 60.0 cm³/mol. The summed E-state index contributed by atoms with van der Waals surface area (Å²) in [6.07, 6.45) is 2.46. The average Bonchev–Trinajstić information content (AvgIpc) is 2.29. The Morgan fingerprint density at radius 2 is 2.12 bits per heavy atom. The molecule has 0 heterocycles. The minimum atomic E-state index is -0.778. The fraction of sp³-hybridized carbons (Fsp3) is 0.462. The zero-order chi connectivity index (χ0) is 11.5. The molecule has 3 heteroatoms. The molecule has 1 aliphatic rings. The Kier molecular flexibility index (Phi) is 3.25. The molecule has 3 nitrogen and oxygen atoms in total. The van der Waals surface area contributed by atoms with Crippen LogP contribution in [0.3, 0.4) is 0 Å². The topological polar surface area (TPSA) is 57.5 Å². The number of Topliss-reactive ketones (excluding diaryl/α,β-unsaturated/α-hetero) is 1. The Labute approximate surface area is 94.7 Å². The van der Waals surface area contributed by atoms with Crippen molar-refractivity contribution in [1.82, 2.24) is 0 Å². The standard InChI is InChI=1S/C13H16O3/c14-10-5-3-4-9(8-10)13(16)11-6-1-2-7-12(11)15/h3-5,8,11,13-14,16H,1-2,6-7H2/t11-,13+/m1/s1. The molecule has 0 aromatic heterocycles. The lowest BCUT2D eigenvalue weighted by Gasteiger charge is -2.25. The molecule has 0 unspecified atom stereocenters. The number of phenols is 1. The first-order valence-electron chi connectivity index (χ1n) is 5.68. The van der Waals surface area contributed by atoms with Gasteiger partial charge in [0, 0.05) is 12.3 Å². The third kappa shape index (κ3) is 2.25. The number of aromatic hydroxyl groups is 1. The van der Waals surface area contributed by atoms with E-state index in [2.05, 4.69) is 0 Å². The Morgan fingerprint density at radius 3 is 2.81 bits per heavy atom. The zero-order valence-electron chi connectivity index (χ0n) is 9.10. The smallest absolute Gasteiger partial charge is 0.138 e. The van der Waals surface area contributed by atoms with Gasteiger partial charge in [0.25, 0.3) is 0 Å². The van der Waals surface area contributed by atoms with Crippen LogP contribution in [0.4, 0.5) is 0 Å². The van der Waals surface area contributed by atoms with Crippen molar-refractivity contribution in [3.05, 3.63) is 29.8 Å². The van der Waals surface area contributed by atoms with E-state index in [0.717, 1.165) is 19.3 Å². The molecule has 2 N–H and O–H groups in total. The lowest BCUT2D eigenvalue weighted by molar-refractivity contribution is -0.128. The van der Waals surface area contributed by atoms with Crippen molar-refractivity contribution in [2.24, 2.45) is 5.92 Å². The first-order chi connectivity index (χ1) is 7.68. The molecule has 1 aromatic carbocycles. The molecule has 0 radical (unpaired) electrons. The number of benzene rings is 1. The molecule has 0 spiro atoms. The molecule has 16 heavy (non-hydrogen) atoms. The molecular weight excluding hydrogens is 204 g/mol. The predicted octanol–water partition coefficient (Wildman–Crippen LogP) is 2.18. The van der Waals surface area contributed by atoms with Gasteiger partial charge in [-0.15, -0.1) is 0 Å². The van der Waals surface area contributed by atoms with Crippen LogP contribution in [0.25, 0.3) is 0 Å². The van der Waals surface area contributed by atoms with Gasteiger partial charge in [-0.3, -0.25) is 4.79 Å². The molecule has 86 valence electrons. The van der Waals surface area contributed by atoms with Gasteiger partial charge in [-0.25, -0.2) is 0 Å². The summed E-state index contributed by atoms with van der Waals surface area (Å²) in [5, 5.41) is 19.4. The zero-order valence-corrected chi connectivity index (χ0v) is 9.10. The molecule has 2 rings (SSSR count). The Balaban J connectivity index is 2.17. The summed E-state index contributed by atoms with van der Waals surface area (Å²) in [6, 6.07) is 6.50. The largest absolute Gasteiger partial charge is 0.508 e. The fourth-order valence-corrected chi connectivity index (χ4v) is 2.28. The number of phenolic OH excluding ortho intramolecular Hbond substituents is 1. The molecule has 1 aliphatic carbocycles. The average molecular weight is 220 g/mol. The van der Waals surface area contributed by atoms with Gasteiger partial charge in [-0.2, -0.15) is 0 Å². The van der Waals surface area contributed by atoms with Gasteiger partial charge in [0.2, 0.25) is 0 Å². The van der Waals surface area contributed by atoms with Crippen molar-refractivity contribution in [3.63, 3.8) is 0 Å². The number of carbonyl (C=O) groups excluding carboxylic acids is 1. The molecule has 2 atom stereocenters. The van der Waals surface area contributed by atoms with Crippen LogP contribution in [0.15, 0.2) is 24.3 Å². The summed E-state index contributed by atoms with van der Waals surface area (Å²) in [7, 11) is 0. The number of aliphatic hydroxyl groups excluding tert-OH is 1. The van der Waals surface area contributed by atoms with Crippen molar-refractivity contribution in [1.29, 1.82) is 0 Å². The van der Waals surface area contributed by atoms with Crippen molar-refractivity contribution in [2.75, 3.05) is 0 Å². The van der Waals surface area contributed by atoms with Crippen molar-refractivity contribution >= 4 is 5.78 Å². The molecule has 0 saturated heterocycles. The van der Waals surface area contributed by atoms with E-state index in [9.17, 15) is 15.0 Å². The van der Waals surface area contributed by atoms with Crippen LogP contribution < -0.4 is 0 Å². The first-order valence-corrected chi connectivity index (χ1v) is 5.68. The Bertz CT molecular complexity index is 387. The molecule has 1 fully saturated rings. The normalized spacial score (nSPS) is 23.1. The van der Waals surface area contributed by atoms with E-state index in [-0.39, 0.29) is 17.5 Å². The molecule has 0 bridgehead atoms. The number of aliphatic hydroxyl groups is 1. The monoisotopic (exact) mass is 220 g/mol. The number of carbonyl (C=O) groups is 1. The second-order valence-corrected chi connectivity index (χ2v) is 4.36. The number of rotatable bonds is 2. The van der Waals surface area contributed by atoms with E-state index >= 15 is 0 Å². The van der Waals surface area contributed by atoms with E-state index in [1.165, 1.54) is 6.07 Å². The van der Waals surface area contributed by atoms with Crippen LogP contribution in [0.5, 0.6) is 5.75 Å². The van der Waals surface area contributed by atoms with E-state index in [1.54, 1.807) is 18.2 Å². The molecule has 1 aromatic rings. The number of hydrogen-bond donors (Lipinski definition) is 2. The van der Waals surface area contributed by atoms with Gasteiger partial charge in [-0.1, -0.05) is 18.6 Å². The maximum absolute atomic E-state index is 11.7. The van der Waals surface area contributed by atoms with Crippen LogP contribution >= 0.6 is 0 Å². The quantitative estimate of drug-likeness (QED) is 0.803. The van der Waals surface area contributed by atoms with Gasteiger partial charge in [0.15, 0.2) is 0 Å². The lowest BCUT2D eigenvalue weighted by Crippen LogP contribution is -2.25.